The summed E-state index contributed by atoms with van der Waals surface area (Å²) in [5.74, 6) is 1.24. The van der Waals surface area contributed by atoms with Gasteiger partial charge in [0.15, 0.2) is 0 Å². The average Bonchev–Trinajstić information content (AvgIpc) is 3.31. The van der Waals surface area contributed by atoms with E-state index in [2.05, 4.69) is 23.8 Å². The van der Waals surface area contributed by atoms with E-state index in [-0.39, 0.29) is 71.6 Å². The Labute approximate surface area is 441 Å². The molecule has 75 heavy (non-hydrogen) atoms. The lowest BCUT2D eigenvalue weighted by Crippen LogP contribution is -2.42. The number of nitrogens with two attached hydrogens (primary N) is 3. The van der Waals surface area contributed by atoms with Gasteiger partial charge in [-0.3, -0.25) is 14.4 Å². The van der Waals surface area contributed by atoms with E-state index in [4.69, 9.17) is 31.4 Å². The minimum absolute atomic E-state index is 0.0239. The van der Waals surface area contributed by atoms with Crippen molar-refractivity contribution >= 4 is 65.3 Å². The van der Waals surface area contributed by atoms with Gasteiger partial charge in [-0.05, 0) is 94.2 Å². The second-order valence-electron chi connectivity index (χ2n) is 20.6. The molecule has 1 saturated heterocycles. The number of rotatable bonds is 17. The normalized spacial score (nSPS) is 18.0. The molecule has 412 valence electrons. The molecule has 4 aliphatic rings. The summed E-state index contributed by atoms with van der Waals surface area (Å²) in [5.41, 5.74) is 19.3. The summed E-state index contributed by atoms with van der Waals surface area (Å²) in [4.78, 5) is 38.6. The third-order valence-electron chi connectivity index (χ3n) is 12.2. The second-order valence-corrected chi connectivity index (χ2v) is 25.5. The quantitative estimate of drug-likeness (QED) is 0.126. The number of carbonyl (C=O) groups is 3. The molecule has 0 saturated carbocycles. The van der Waals surface area contributed by atoms with Crippen molar-refractivity contribution in [3.63, 3.8) is 0 Å². The first-order chi connectivity index (χ1) is 35.1. The van der Waals surface area contributed by atoms with Gasteiger partial charge in [-0.25, -0.2) is 25.3 Å². The molecule has 3 aromatic rings. The van der Waals surface area contributed by atoms with Crippen molar-refractivity contribution in [2.24, 2.45) is 53.1 Å². The van der Waals surface area contributed by atoms with Gasteiger partial charge in [-0.15, -0.1) is 13.2 Å². The maximum Gasteiger partial charge on any atom is 0.259 e. The Morgan fingerprint density at radius 1 is 0.640 bits per heavy atom. The van der Waals surface area contributed by atoms with Crippen molar-refractivity contribution in [2.45, 2.75) is 105 Å². The number of hydrogen-bond acceptors (Lipinski definition) is 15. The Bertz CT molecular complexity index is 2900. The Hall–Kier alpha value is -6.27. The molecule has 3 aromatic carbocycles. The average molecular weight is 1100 g/mol. The topological polar surface area (TPSA) is 324 Å². The highest BCUT2D eigenvalue weighted by molar-refractivity contribution is 7.90. The van der Waals surface area contributed by atoms with Gasteiger partial charge >= 0.3 is 0 Å². The van der Waals surface area contributed by atoms with Crippen LogP contribution in [0.1, 0.15) is 121 Å². The van der Waals surface area contributed by atoms with Crippen molar-refractivity contribution in [3.8, 4) is 17.2 Å². The van der Waals surface area contributed by atoms with Crippen LogP contribution in [0.25, 0.3) is 0 Å². The van der Waals surface area contributed by atoms with E-state index in [0.29, 0.717) is 89.2 Å². The zero-order valence-electron chi connectivity index (χ0n) is 44.1. The zero-order chi connectivity index (χ0) is 55.5. The van der Waals surface area contributed by atoms with E-state index in [1.54, 1.807) is 82.3 Å². The minimum atomic E-state index is -3.59. The molecule has 24 heteroatoms. The molecule has 1 atom stereocenters. The number of amides is 3. The first-order valence-corrected chi connectivity index (χ1v) is 29.7. The van der Waals surface area contributed by atoms with Crippen LogP contribution in [0.3, 0.4) is 0 Å². The number of ether oxygens (including phenoxy) is 3. The largest absolute Gasteiger partial charge is 0.492 e. The number of likely N-dealkylation sites (tertiary alicyclic amines) is 1. The van der Waals surface area contributed by atoms with E-state index < -0.39 is 40.9 Å². The molecule has 21 nitrogen and oxygen atoms in total. The number of benzene rings is 3. The number of amidine groups is 3. The summed E-state index contributed by atoms with van der Waals surface area (Å²) >= 11 is 0. The lowest BCUT2D eigenvalue weighted by atomic mass is 9.93. The van der Waals surface area contributed by atoms with E-state index in [1.165, 1.54) is 0 Å². The molecular weight excluding hydrogens is 1030 g/mol. The molecule has 3 amide bonds. The van der Waals surface area contributed by atoms with Gasteiger partial charge in [0.1, 0.15) is 48.0 Å². The molecule has 4 aliphatic heterocycles. The smallest absolute Gasteiger partial charge is 0.259 e. The number of sulfonamides is 3. The number of nitrogens with zero attached hydrogens (tertiary/aromatic N) is 4. The molecular formula is C51H73N9O12S3. The Morgan fingerprint density at radius 3 is 1.37 bits per heavy atom. The summed E-state index contributed by atoms with van der Waals surface area (Å²) in [6, 6.07) is 15.4. The molecule has 8 N–H and O–H groups in total. The first-order valence-electron chi connectivity index (χ1n) is 24.9. The van der Waals surface area contributed by atoms with Crippen molar-refractivity contribution in [2.75, 3.05) is 46.0 Å². The Morgan fingerprint density at radius 2 is 1.01 bits per heavy atom. The van der Waals surface area contributed by atoms with Crippen molar-refractivity contribution in [1.82, 2.24) is 15.5 Å². The van der Waals surface area contributed by atoms with Gasteiger partial charge in [0.25, 0.3) is 30.1 Å². The van der Waals surface area contributed by atoms with Crippen LogP contribution in [0, 0.1) is 22.7 Å². The Balaban J connectivity index is 0.000000209. The standard InChI is InChI=1S/C19H27N3O4S.2C16H23N3O4S/c1-13(2)9-17(23)22-8-4-5-14(10-22)11-26-16-7-3-6-15-12-27(24,25)21-19(20)18(15)16;2*1-4-8-18-15(20)16(2,3)10-23-12-7-5-6-11-9-24(21,22)19-14(17)13(11)12/h3,6-7,13-14H,4-5,8-12H2,1-2H3,(H2,20,21);2*5-7H,4,8-10H2,1-3H3,(H2,17,19)(H,18,20)/t14-;;/m0../s1. The fraction of sp³-hybridized carbons (Fsp3) is 0.529. The van der Waals surface area contributed by atoms with E-state index >= 15 is 0 Å². The summed E-state index contributed by atoms with van der Waals surface area (Å²) < 4.78 is 98.5. The number of piperidine rings is 1. The number of carbonyl (C=O) groups excluding carboxylic acids is 3. The molecule has 0 radical (unpaired) electrons. The molecule has 7 rings (SSSR count). The van der Waals surface area contributed by atoms with Crippen molar-refractivity contribution in [3.05, 3.63) is 88.0 Å². The van der Waals surface area contributed by atoms with Gasteiger partial charge in [0.05, 0.1) is 51.4 Å². The van der Waals surface area contributed by atoms with Gasteiger partial charge < -0.3 is 46.9 Å². The van der Waals surface area contributed by atoms with Crippen LogP contribution < -0.4 is 42.0 Å². The van der Waals surface area contributed by atoms with Crippen LogP contribution in [0.2, 0.25) is 0 Å². The third kappa shape index (κ3) is 16.6. The molecule has 0 aliphatic carbocycles. The van der Waals surface area contributed by atoms with Crippen LogP contribution in [-0.4, -0.2) is 111 Å². The molecule has 0 unspecified atom stereocenters. The van der Waals surface area contributed by atoms with Crippen LogP contribution in [0.4, 0.5) is 0 Å². The fourth-order valence-electron chi connectivity index (χ4n) is 8.31. The Kier molecular flexibility index (Phi) is 19.9. The van der Waals surface area contributed by atoms with Gasteiger partial charge in [0.2, 0.25) is 17.7 Å². The second kappa shape index (κ2) is 25.0. The monoisotopic (exact) mass is 1100 g/mol. The summed E-state index contributed by atoms with van der Waals surface area (Å²) in [5, 5.41) is 5.69. The predicted octanol–water partition coefficient (Wildman–Crippen LogP) is 4.23. The molecule has 0 bridgehead atoms. The highest BCUT2D eigenvalue weighted by Crippen LogP contribution is 2.33. The number of fused-ring (bicyclic) bond motifs is 3. The predicted molar refractivity (Wildman–Crippen MR) is 289 cm³/mol. The summed E-state index contributed by atoms with van der Waals surface area (Å²) in [6.45, 7) is 18.7. The maximum atomic E-state index is 12.3. The molecule has 1 fully saturated rings. The van der Waals surface area contributed by atoms with Crippen LogP contribution in [-0.2, 0) is 61.7 Å². The summed E-state index contributed by atoms with van der Waals surface area (Å²) in [7, 11) is -10.7. The van der Waals surface area contributed by atoms with Crippen LogP contribution in [0.5, 0.6) is 17.2 Å². The minimum Gasteiger partial charge on any atom is -0.492 e. The highest BCUT2D eigenvalue weighted by atomic mass is 32.2. The SMILES string of the molecule is CC(C)CC(=O)N1CCC[C@H](COc2cccc3c2C(N)=NS(=O)(=O)C3)C1.CCCNC(=O)C(C)(C)COc1cccc2c1C(N)=NS(=O)(=O)C2.CCCNC(=O)C(C)(C)COc1cccc2c1C(N)=NS(=O)(=O)C2. The van der Waals surface area contributed by atoms with Crippen LogP contribution >= 0.6 is 0 Å². The lowest BCUT2D eigenvalue weighted by Gasteiger charge is -2.33. The highest BCUT2D eigenvalue weighted by Gasteiger charge is 2.33. The van der Waals surface area contributed by atoms with Gasteiger partial charge in [0, 0.05) is 38.5 Å². The maximum absolute atomic E-state index is 12.3. The van der Waals surface area contributed by atoms with Crippen molar-refractivity contribution in [1.29, 1.82) is 0 Å². The van der Waals surface area contributed by atoms with E-state index in [9.17, 15) is 39.6 Å². The molecule has 4 heterocycles. The fourth-order valence-corrected chi connectivity index (χ4v) is 11.6. The van der Waals surface area contributed by atoms with E-state index in [0.717, 1.165) is 32.2 Å². The summed E-state index contributed by atoms with van der Waals surface area (Å²) in [6.07, 6.45) is 4.25. The number of hydrogen-bond donors (Lipinski definition) is 5. The van der Waals surface area contributed by atoms with E-state index in [1.807, 2.05) is 32.6 Å². The van der Waals surface area contributed by atoms with Crippen molar-refractivity contribution < 1.29 is 53.8 Å². The van der Waals surface area contributed by atoms with Crippen LogP contribution in [0.15, 0.2) is 67.8 Å². The zero-order valence-corrected chi connectivity index (χ0v) is 46.6. The first kappa shape index (κ1) is 59.6. The van der Waals surface area contributed by atoms with Gasteiger partial charge in [-0.1, -0.05) is 64.1 Å². The number of nitrogens with one attached hydrogen (secondary N) is 2. The molecule has 0 aromatic heterocycles. The lowest BCUT2D eigenvalue weighted by molar-refractivity contribution is -0.134. The molecule has 0 spiro atoms. The third-order valence-corrected chi connectivity index (χ3v) is 15.7. The van der Waals surface area contributed by atoms with Gasteiger partial charge in [-0.2, -0.15) is 0 Å².